The smallest absolute Gasteiger partial charge is 0.174 e. The van der Waals surface area contributed by atoms with Crippen molar-refractivity contribution in [2.24, 2.45) is 0 Å². The lowest BCUT2D eigenvalue weighted by molar-refractivity contribution is -0.698. The minimum atomic E-state index is 0.422. The highest BCUT2D eigenvalue weighted by molar-refractivity contribution is 5.68. The first-order chi connectivity index (χ1) is 37.4. The van der Waals surface area contributed by atoms with Gasteiger partial charge >= 0.3 is 0 Å². The monoisotopic (exact) mass is 1010 g/mol. The van der Waals surface area contributed by atoms with Crippen LogP contribution in [0.3, 0.4) is 0 Å². The van der Waals surface area contributed by atoms with Gasteiger partial charge in [0, 0.05) is 112 Å². The molecule has 16 bridgehead atoms. The van der Waals surface area contributed by atoms with Crippen LogP contribution in [0.4, 0.5) is 0 Å². The Hall–Kier alpha value is -8.17. The van der Waals surface area contributed by atoms with Crippen molar-refractivity contribution in [3.05, 3.63) is 285 Å². The minimum Gasteiger partial charge on any atom is -0.355 e. The fourth-order valence-corrected chi connectivity index (χ4v) is 10.4. The summed E-state index contributed by atoms with van der Waals surface area (Å²) in [5.41, 5.74) is 9.35. The van der Waals surface area contributed by atoms with Crippen molar-refractivity contribution in [3.63, 3.8) is 0 Å². The van der Waals surface area contributed by atoms with Crippen LogP contribution in [0.25, 0.3) is 11.1 Å². The van der Waals surface area contributed by atoms with Crippen LogP contribution in [-0.4, -0.2) is 27.9 Å². The first-order valence-corrected chi connectivity index (χ1v) is 27.6. The van der Waals surface area contributed by atoms with Crippen molar-refractivity contribution in [2.75, 3.05) is 13.1 Å². The van der Waals surface area contributed by atoms with Crippen molar-refractivity contribution in [1.82, 2.24) is 14.8 Å². The first kappa shape index (κ1) is 51.3. The number of allylic oxidation sites excluding steroid dienone is 4. The standard InChI is InChI=1S/C67H75N9/c1-56-7-8-59-13-39-69(40-14-59)31-3-34-72-45-19-62(20-46-72)65-25-51-75(52-26-65)37-6-38-76-53-27-66(28-54-76)67(10-9-58-11-29-68-30-12-58)55-57(2)61-17-43-71(44-18-61)33-5-36-74-49-23-64(24-50-74)63-21-47-73(48-22-63)35-4-32-70-41-15-60(56)16-42-70/h11-32,36-37,39-54,56-57,67H,3-10,33-35,38,55H2,1-2H3/q+4. The largest absolute Gasteiger partial charge is 0.355 e. The van der Waals surface area contributed by atoms with Crippen LogP contribution in [0.1, 0.15) is 104 Å². The molecule has 22 rings (SSSR count). The van der Waals surface area contributed by atoms with E-state index in [9.17, 15) is 0 Å². The third-order valence-electron chi connectivity index (χ3n) is 15.3. The Morgan fingerprint density at radius 2 is 0.974 bits per heavy atom. The van der Waals surface area contributed by atoms with Crippen molar-refractivity contribution >= 4 is 11.1 Å². The highest BCUT2D eigenvalue weighted by Gasteiger charge is 2.20. The Morgan fingerprint density at radius 1 is 0.513 bits per heavy atom. The van der Waals surface area contributed by atoms with Gasteiger partial charge in [-0.15, -0.1) is 0 Å². The van der Waals surface area contributed by atoms with E-state index in [1.54, 1.807) is 0 Å². The number of nitrogens with zero attached hydrogens (tertiary/aromatic N) is 9. The van der Waals surface area contributed by atoms with Gasteiger partial charge in [0.2, 0.25) is 0 Å². The van der Waals surface area contributed by atoms with Gasteiger partial charge in [0.05, 0.1) is 37.6 Å². The highest BCUT2D eigenvalue weighted by atomic mass is 15.1. The molecule has 0 saturated heterocycles. The van der Waals surface area contributed by atoms with Gasteiger partial charge in [-0.25, -0.2) is 9.13 Å². The summed E-state index contributed by atoms with van der Waals surface area (Å²) in [7, 11) is 0. The molecule has 0 fully saturated rings. The maximum Gasteiger partial charge on any atom is 0.174 e. The molecule has 0 amide bonds. The second-order valence-electron chi connectivity index (χ2n) is 20.7. The number of hydrogen-bond acceptors (Lipinski definition) is 3. The maximum absolute atomic E-state index is 4.27. The van der Waals surface area contributed by atoms with E-state index >= 15 is 0 Å². The van der Waals surface area contributed by atoms with Gasteiger partial charge in [0.15, 0.2) is 75.1 Å². The molecule has 9 nitrogen and oxygen atoms in total. The second-order valence-corrected chi connectivity index (χ2v) is 20.7. The highest BCUT2D eigenvalue weighted by Crippen LogP contribution is 2.33. The molecule has 76 heavy (non-hydrogen) atoms. The molecule has 0 aromatic carbocycles. The molecular formula is C67H75N9+4. The van der Waals surface area contributed by atoms with E-state index in [1.807, 2.05) is 12.4 Å². The lowest BCUT2D eigenvalue weighted by Crippen LogP contribution is -2.33. The molecule has 15 aliphatic heterocycles. The van der Waals surface area contributed by atoms with Crippen molar-refractivity contribution in [3.8, 4) is 0 Å². The van der Waals surface area contributed by atoms with Gasteiger partial charge < -0.3 is 18.9 Å². The molecule has 0 aliphatic carbocycles. The van der Waals surface area contributed by atoms with Gasteiger partial charge in [-0.3, -0.25) is 4.98 Å². The van der Waals surface area contributed by atoms with E-state index in [0.717, 1.165) is 84.0 Å². The summed E-state index contributed by atoms with van der Waals surface area (Å²) in [6.45, 7) is 13.0. The summed E-state index contributed by atoms with van der Waals surface area (Å²) >= 11 is 0. The predicted molar refractivity (Wildman–Crippen MR) is 298 cm³/mol. The molecule has 15 aliphatic rings. The zero-order chi connectivity index (χ0) is 51.7. The average molecular weight is 1010 g/mol. The van der Waals surface area contributed by atoms with E-state index < -0.39 is 0 Å². The number of pyridine rings is 7. The van der Waals surface area contributed by atoms with Crippen LogP contribution in [0.15, 0.2) is 221 Å². The molecule has 0 saturated carbocycles. The summed E-state index contributed by atoms with van der Waals surface area (Å²) in [6, 6.07) is 31.6. The molecule has 384 valence electrons. The topological polar surface area (TPSA) is 46.7 Å². The predicted octanol–water partition coefficient (Wildman–Crippen LogP) is 8.15. The molecule has 3 unspecified atom stereocenters. The Morgan fingerprint density at radius 3 is 1.49 bits per heavy atom. The van der Waals surface area contributed by atoms with Gasteiger partial charge in [0.1, 0.15) is 0 Å². The first-order valence-electron chi connectivity index (χ1n) is 27.6. The number of hydrogen-bond donors (Lipinski definition) is 0. The molecule has 3 atom stereocenters. The summed E-state index contributed by atoms with van der Waals surface area (Å²) in [6.07, 6.45) is 61.7. The van der Waals surface area contributed by atoms with E-state index in [1.165, 1.54) is 49.4 Å². The van der Waals surface area contributed by atoms with Gasteiger partial charge in [-0.1, -0.05) is 49.2 Å². The van der Waals surface area contributed by atoms with E-state index in [4.69, 9.17) is 0 Å². The summed E-state index contributed by atoms with van der Waals surface area (Å²) in [4.78, 5) is 8.80. The quantitative estimate of drug-likeness (QED) is 0.133. The molecule has 9 heteroatoms. The van der Waals surface area contributed by atoms with E-state index in [-0.39, 0.29) is 0 Å². The average Bonchev–Trinajstić information content (AvgIpc) is 3.48. The molecule has 0 radical (unpaired) electrons. The summed E-state index contributed by atoms with van der Waals surface area (Å²) in [5, 5.41) is 2.44. The van der Waals surface area contributed by atoms with Crippen LogP contribution in [0.5, 0.6) is 0 Å². The normalized spacial score (nSPS) is 18.7. The van der Waals surface area contributed by atoms with Gasteiger partial charge in [0.25, 0.3) is 0 Å². The molecule has 22 heterocycles. The third-order valence-corrected chi connectivity index (χ3v) is 15.3. The van der Waals surface area contributed by atoms with Crippen LogP contribution < -0.4 is 37.2 Å². The number of rotatable bonds is 3. The van der Waals surface area contributed by atoms with E-state index in [0.29, 0.717) is 17.8 Å². The van der Waals surface area contributed by atoms with Crippen molar-refractivity contribution in [2.45, 2.75) is 102 Å². The molecular weight excluding hydrogens is 931 g/mol. The zero-order valence-corrected chi connectivity index (χ0v) is 44.5. The fourth-order valence-electron chi connectivity index (χ4n) is 10.4. The Kier molecular flexibility index (Phi) is 17.5. The SMILES string of the molecule is CC1CCc2cc[n+](cc2)[CH-]CCN2C=CC(=c3cc[n+](cc3)=CCC[n+]3ccc(cc3)C(CCc3ccncc3)CC(C)c3cc[n+](cc3)CCC=[n+]3ccc(cc3)=C3C=CN(C=C3)CC[CH-][n+]3ccc1cc3)C=C2. The second kappa shape index (κ2) is 25.9. The Labute approximate surface area is 450 Å². The number of aryl methyl sites for hydroxylation is 4. The lowest BCUT2D eigenvalue weighted by atomic mass is 9.83. The van der Waals surface area contributed by atoms with Crippen LogP contribution >= 0.6 is 0 Å². The summed E-state index contributed by atoms with van der Waals surface area (Å²) in [5.74, 6) is 1.34. The van der Waals surface area contributed by atoms with Crippen LogP contribution in [0, 0.1) is 25.5 Å². The molecule has 0 N–H and O–H groups in total. The maximum atomic E-state index is 4.27. The van der Waals surface area contributed by atoms with E-state index in [2.05, 4.69) is 289 Å². The molecule has 0 spiro atoms. The van der Waals surface area contributed by atoms with Crippen LogP contribution in [-0.2, 0) is 25.9 Å². The number of aromatic nitrogens is 7. The Bertz CT molecular complexity index is 3300. The zero-order valence-electron chi connectivity index (χ0n) is 44.5. The molecule has 7 aromatic heterocycles. The van der Waals surface area contributed by atoms with Gasteiger partial charge in [-0.2, -0.15) is 8.49 Å². The van der Waals surface area contributed by atoms with Crippen molar-refractivity contribution in [1.29, 1.82) is 0 Å². The minimum absolute atomic E-state index is 0.422. The summed E-state index contributed by atoms with van der Waals surface area (Å²) < 4.78 is 13.4. The van der Waals surface area contributed by atoms with Crippen molar-refractivity contribution < 1.29 is 26.8 Å². The van der Waals surface area contributed by atoms with Gasteiger partial charge in [-0.05, 0) is 137 Å². The van der Waals surface area contributed by atoms with Crippen LogP contribution in [0.2, 0.25) is 0 Å². The lowest BCUT2D eigenvalue weighted by Gasteiger charge is -2.21. The fraction of sp³-hybridized carbons (Fsp3) is 0.269. The third kappa shape index (κ3) is 14.6. The molecule has 7 aromatic rings. The Balaban J connectivity index is 0.806.